The Hall–Kier alpha value is -2.79. The van der Waals surface area contributed by atoms with E-state index in [0.717, 1.165) is 0 Å². The van der Waals surface area contributed by atoms with E-state index in [9.17, 15) is 10.1 Å². The van der Waals surface area contributed by atoms with Crippen LogP contribution >= 0.6 is 0 Å². The third kappa shape index (κ3) is 4.84. The predicted molar refractivity (Wildman–Crippen MR) is 89.2 cm³/mol. The van der Waals surface area contributed by atoms with Crippen molar-refractivity contribution in [1.29, 1.82) is 0 Å². The Bertz CT molecular complexity index is 699. The lowest BCUT2D eigenvalue weighted by Gasteiger charge is -2.23. The summed E-state index contributed by atoms with van der Waals surface area (Å²) in [4.78, 5) is 20.9. The van der Waals surface area contributed by atoms with Crippen LogP contribution < -0.4 is 10.2 Å². The summed E-state index contributed by atoms with van der Waals surface area (Å²) in [6.45, 7) is 3.32. The monoisotopic (exact) mass is 352 g/mol. The highest BCUT2D eigenvalue weighted by Gasteiger charge is 2.27. The molecule has 0 unspecified atom stereocenters. The SMILES string of the molecule is COCCN(CCOC)c1ncnc(Nc2cc(C)on2)c1[N+](=O)[O-]. The van der Waals surface area contributed by atoms with Crippen LogP contribution in [0.3, 0.4) is 0 Å². The van der Waals surface area contributed by atoms with Gasteiger partial charge in [0.05, 0.1) is 18.1 Å². The number of aryl methyl sites for hydroxylation is 1. The smallest absolute Gasteiger partial charge is 0.353 e. The molecule has 0 spiro atoms. The number of ether oxygens (including phenoxy) is 2. The molecule has 0 saturated heterocycles. The Morgan fingerprint density at radius 1 is 1.28 bits per heavy atom. The van der Waals surface area contributed by atoms with Gasteiger partial charge >= 0.3 is 5.69 Å². The van der Waals surface area contributed by atoms with Gasteiger partial charge in [-0.3, -0.25) is 10.1 Å². The van der Waals surface area contributed by atoms with Gasteiger partial charge in [-0.2, -0.15) is 0 Å². The average molecular weight is 352 g/mol. The molecule has 0 aliphatic carbocycles. The highest BCUT2D eigenvalue weighted by molar-refractivity contribution is 5.73. The van der Waals surface area contributed by atoms with Crippen molar-refractivity contribution in [1.82, 2.24) is 15.1 Å². The van der Waals surface area contributed by atoms with Gasteiger partial charge in [0.15, 0.2) is 5.82 Å². The second-order valence-corrected chi connectivity index (χ2v) is 5.07. The normalized spacial score (nSPS) is 10.7. The minimum absolute atomic E-state index is 0.0307. The Morgan fingerprint density at radius 3 is 2.48 bits per heavy atom. The zero-order chi connectivity index (χ0) is 18.2. The number of hydrogen-bond acceptors (Lipinski definition) is 10. The third-order valence-corrected chi connectivity index (χ3v) is 3.29. The van der Waals surface area contributed by atoms with Crippen molar-refractivity contribution in [3.05, 3.63) is 28.3 Å². The van der Waals surface area contributed by atoms with Crippen LogP contribution in [-0.2, 0) is 9.47 Å². The Morgan fingerprint density at radius 2 is 1.96 bits per heavy atom. The van der Waals surface area contributed by atoms with Crippen molar-refractivity contribution >= 4 is 23.1 Å². The lowest BCUT2D eigenvalue weighted by molar-refractivity contribution is -0.383. The molecule has 136 valence electrons. The zero-order valence-corrected chi connectivity index (χ0v) is 14.3. The Labute approximate surface area is 144 Å². The van der Waals surface area contributed by atoms with Crippen molar-refractivity contribution in [2.45, 2.75) is 6.92 Å². The van der Waals surface area contributed by atoms with Crippen LogP contribution in [0, 0.1) is 17.0 Å². The van der Waals surface area contributed by atoms with Gasteiger partial charge in [0.1, 0.15) is 12.1 Å². The van der Waals surface area contributed by atoms with Crippen LogP contribution in [0.1, 0.15) is 5.76 Å². The number of rotatable bonds is 10. The van der Waals surface area contributed by atoms with Crippen molar-refractivity contribution in [3.8, 4) is 0 Å². The van der Waals surface area contributed by atoms with Crippen LogP contribution in [-0.4, -0.2) is 60.6 Å². The molecule has 0 amide bonds. The van der Waals surface area contributed by atoms with Gasteiger partial charge in [-0.25, -0.2) is 9.97 Å². The van der Waals surface area contributed by atoms with E-state index in [4.69, 9.17) is 14.0 Å². The molecule has 0 aliphatic rings. The van der Waals surface area contributed by atoms with Gasteiger partial charge in [-0.15, -0.1) is 0 Å². The first-order chi connectivity index (χ1) is 12.1. The number of anilines is 3. The molecular formula is C14H20N6O5. The number of aromatic nitrogens is 3. The molecule has 11 nitrogen and oxygen atoms in total. The molecule has 1 N–H and O–H groups in total. The first kappa shape index (κ1) is 18.5. The van der Waals surface area contributed by atoms with Gasteiger partial charge < -0.3 is 24.2 Å². The van der Waals surface area contributed by atoms with Crippen LogP contribution in [0.15, 0.2) is 16.9 Å². The highest BCUT2D eigenvalue weighted by atomic mass is 16.6. The summed E-state index contributed by atoms with van der Waals surface area (Å²) in [6, 6.07) is 1.61. The molecule has 2 aromatic rings. The zero-order valence-electron chi connectivity index (χ0n) is 14.3. The van der Waals surface area contributed by atoms with Crippen LogP contribution in [0.2, 0.25) is 0 Å². The van der Waals surface area contributed by atoms with Crippen molar-refractivity contribution in [2.24, 2.45) is 0 Å². The average Bonchev–Trinajstić information content (AvgIpc) is 2.99. The summed E-state index contributed by atoms with van der Waals surface area (Å²) >= 11 is 0. The number of methoxy groups -OCH3 is 2. The summed E-state index contributed by atoms with van der Waals surface area (Å²) in [7, 11) is 3.12. The van der Waals surface area contributed by atoms with E-state index in [1.165, 1.54) is 6.33 Å². The van der Waals surface area contributed by atoms with E-state index in [2.05, 4.69) is 20.4 Å². The van der Waals surface area contributed by atoms with Gasteiger partial charge in [0.2, 0.25) is 11.6 Å². The fourth-order valence-corrected chi connectivity index (χ4v) is 2.13. The first-order valence-electron chi connectivity index (χ1n) is 7.49. The third-order valence-electron chi connectivity index (χ3n) is 3.29. The van der Waals surface area contributed by atoms with Crippen LogP contribution in [0.4, 0.5) is 23.1 Å². The van der Waals surface area contributed by atoms with E-state index in [-0.39, 0.29) is 17.3 Å². The topological polar surface area (TPSA) is 129 Å². The lowest BCUT2D eigenvalue weighted by atomic mass is 10.3. The molecule has 0 fully saturated rings. The van der Waals surface area contributed by atoms with E-state index >= 15 is 0 Å². The maximum atomic E-state index is 11.6. The molecule has 0 atom stereocenters. The van der Waals surface area contributed by atoms with Gasteiger partial charge in [0.25, 0.3) is 0 Å². The molecule has 11 heteroatoms. The van der Waals surface area contributed by atoms with Crippen molar-refractivity contribution in [3.63, 3.8) is 0 Å². The van der Waals surface area contributed by atoms with E-state index < -0.39 is 4.92 Å². The van der Waals surface area contributed by atoms with E-state index in [0.29, 0.717) is 37.9 Å². The van der Waals surface area contributed by atoms with Crippen molar-refractivity contribution < 1.29 is 18.9 Å². The summed E-state index contributed by atoms with van der Waals surface area (Å²) in [5.74, 6) is 1.10. The Balaban J connectivity index is 2.38. The minimum Gasteiger partial charge on any atom is -0.383 e. The standard InChI is InChI=1S/C14H20N6O5/c1-10-8-11(18-25-10)17-13-12(20(21)22)14(16-9-15-13)19(4-6-23-2)5-7-24-3/h8-9H,4-7H2,1-3H3,(H,15,16,17,18). The maximum Gasteiger partial charge on any atom is 0.353 e. The number of nitrogens with zero attached hydrogens (tertiary/aromatic N) is 5. The molecule has 0 aliphatic heterocycles. The van der Waals surface area contributed by atoms with E-state index in [1.807, 2.05) is 0 Å². The number of hydrogen-bond donors (Lipinski definition) is 1. The molecule has 0 radical (unpaired) electrons. The molecule has 0 saturated carbocycles. The molecule has 25 heavy (non-hydrogen) atoms. The number of nitro groups is 1. The maximum absolute atomic E-state index is 11.6. The van der Waals surface area contributed by atoms with Gasteiger partial charge in [-0.05, 0) is 6.92 Å². The molecular weight excluding hydrogens is 332 g/mol. The largest absolute Gasteiger partial charge is 0.383 e. The van der Waals surface area contributed by atoms with Gasteiger partial charge in [0, 0.05) is 33.4 Å². The first-order valence-corrected chi connectivity index (χ1v) is 7.49. The number of nitrogens with one attached hydrogen (secondary N) is 1. The fourth-order valence-electron chi connectivity index (χ4n) is 2.13. The summed E-state index contributed by atoms with van der Waals surface area (Å²) in [6.07, 6.45) is 1.25. The molecule has 0 bridgehead atoms. The second kappa shape index (κ2) is 8.89. The molecule has 0 aromatic carbocycles. The van der Waals surface area contributed by atoms with Crippen LogP contribution in [0.5, 0.6) is 0 Å². The minimum atomic E-state index is -0.531. The second-order valence-electron chi connectivity index (χ2n) is 5.07. The van der Waals surface area contributed by atoms with Crippen LogP contribution in [0.25, 0.3) is 0 Å². The molecule has 2 aromatic heterocycles. The van der Waals surface area contributed by atoms with Gasteiger partial charge in [-0.1, -0.05) is 5.16 Å². The predicted octanol–water partition coefficient (Wildman–Crippen LogP) is 1.52. The lowest BCUT2D eigenvalue weighted by Crippen LogP contribution is -2.32. The highest BCUT2D eigenvalue weighted by Crippen LogP contribution is 2.33. The summed E-state index contributed by atoms with van der Waals surface area (Å²) < 4.78 is 15.1. The fraction of sp³-hybridized carbons (Fsp3) is 0.500. The van der Waals surface area contributed by atoms with E-state index in [1.54, 1.807) is 32.1 Å². The Kier molecular flexibility index (Phi) is 6.60. The molecule has 2 heterocycles. The summed E-state index contributed by atoms with van der Waals surface area (Å²) in [5, 5.41) is 18.2. The summed E-state index contributed by atoms with van der Waals surface area (Å²) in [5.41, 5.74) is -0.254. The van der Waals surface area contributed by atoms with Crippen molar-refractivity contribution in [2.75, 3.05) is 50.7 Å². The molecule has 2 rings (SSSR count). The quantitative estimate of drug-likeness (QED) is 0.496.